The van der Waals surface area contributed by atoms with Gasteiger partial charge in [-0.25, -0.2) is 0 Å². The number of hydrogen-bond acceptors (Lipinski definition) is 6. The summed E-state index contributed by atoms with van der Waals surface area (Å²) in [5.41, 5.74) is 2.02. The van der Waals surface area contributed by atoms with Crippen molar-refractivity contribution in [1.82, 2.24) is 0 Å². The highest BCUT2D eigenvalue weighted by atomic mass is 16.7. The summed E-state index contributed by atoms with van der Waals surface area (Å²) in [5, 5.41) is 19.7. The van der Waals surface area contributed by atoms with Crippen LogP contribution in [0.5, 0.6) is 0 Å². The number of rotatable bonds is 10. The van der Waals surface area contributed by atoms with Gasteiger partial charge in [-0.05, 0) is 18.1 Å². The average molecular weight is 388 g/mol. The minimum atomic E-state index is -1.09. The summed E-state index contributed by atoms with van der Waals surface area (Å²) in [6.45, 7) is 2.58. The van der Waals surface area contributed by atoms with Crippen molar-refractivity contribution in [3.05, 3.63) is 71.8 Å². The Morgan fingerprint density at radius 3 is 1.89 bits per heavy atom. The molecule has 1 fully saturated rings. The van der Waals surface area contributed by atoms with Gasteiger partial charge in [-0.15, -0.1) is 0 Å². The minimum absolute atomic E-state index is 0.341. The molecular formula is C22H28O6. The van der Waals surface area contributed by atoms with E-state index in [2.05, 4.69) is 0 Å². The predicted octanol–water partition coefficient (Wildman–Crippen LogP) is 2.27. The van der Waals surface area contributed by atoms with Gasteiger partial charge in [-0.3, -0.25) is 0 Å². The first-order valence-corrected chi connectivity index (χ1v) is 9.60. The van der Waals surface area contributed by atoms with Crippen LogP contribution in [-0.4, -0.2) is 54.1 Å². The van der Waals surface area contributed by atoms with Gasteiger partial charge in [0, 0.05) is 6.61 Å². The van der Waals surface area contributed by atoms with Crippen molar-refractivity contribution >= 4 is 0 Å². The number of aliphatic hydroxyl groups is 2. The fourth-order valence-corrected chi connectivity index (χ4v) is 3.26. The second-order valence-corrected chi connectivity index (χ2v) is 6.70. The van der Waals surface area contributed by atoms with Crippen LogP contribution >= 0.6 is 0 Å². The molecule has 0 aliphatic carbocycles. The van der Waals surface area contributed by atoms with E-state index in [1.165, 1.54) is 0 Å². The zero-order chi connectivity index (χ0) is 19.8. The maximum atomic E-state index is 10.2. The van der Waals surface area contributed by atoms with Crippen LogP contribution in [0.3, 0.4) is 0 Å². The van der Waals surface area contributed by atoms with Crippen LogP contribution in [0.25, 0.3) is 0 Å². The van der Waals surface area contributed by atoms with Crippen LogP contribution in [0.15, 0.2) is 60.7 Å². The molecule has 1 aliphatic rings. The molecule has 28 heavy (non-hydrogen) atoms. The van der Waals surface area contributed by atoms with Gasteiger partial charge in [0.1, 0.15) is 24.4 Å². The maximum absolute atomic E-state index is 10.2. The average Bonchev–Trinajstić information content (AvgIpc) is 3.09. The molecule has 0 unspecified atom stereocenters. The summed E-state index contributed by atoms with van der Waals surface area (Å²) < 4.78 is 23.8. The quantitative estimate of drug-likeness (QED) is 0.650. The lowest BCUT2D eigenvalue weighted by molar-refractivity contribution is -0.188. The standard InChI is InChI=1S/C22H28O6/c1-2-25-22-21(27-15-17-11-7-4-8-12-17)20(19(28-22)18(24)13-23)26-14-16-9-5-3-6-10-16/h3-12,18-24H,2,13-15H2,1H3/t18-,19-,20-,21+,22+/m0/s1. The minimum Gasteiger partial charge on any atom is -0.394 e. The molecule has 5 atom stereocenters. The monoisotopic (exact) mass is 388 g/mol. The molecule has 0 amide bonds. The zero-order valence-electron chi connectivity index (χ0n) is 16.0. The molecule has 1 heterocycles. The van der Waals surface area contributed by atoms with Crippen molar-refractivity contribution in [2.45, 2.75) is 50.8 Å². The molecule has 1 saturated heterocycles. The molecule has 0 radical (unpaired) electrons. The largest absolute Gasteiger partial charge is 0.394 e. The van der Waals surface area contributed by atoms with E-state index >= 15 is 0 Å². The first-order chi connectivity index (χ1) is 13.7. The Morgan fingerprint density at radius 2 is 1.39 bits per heavy atom. The molecular weight excluding hydrogens is 360 g/mol. The van der Waals surface area contributed by atoms with Gasteiger partial charge >= 0.3 is 0 Å². The van der Waals surface area contributed by atoms with E-state index < -0.39 is 37.3 Å². The third-order valence-corrected chi connectivity index (χ3v) is 4.67. The van der Waals surface area contributed by atoms with E-state index in [9.17, 15) is 10.2 Å². The maximum Gasteiger partial charge on any atom is 0.186 e. The van der Waals surface area contributed by atoms with Crippen molar-refractivity contribution < 1.29 is 29.2 Å². The lowest BCUT2D eigenvalue weighted by Gasteiger charge is -2.26. The molecule has 1 aliphatic heterocycles. The van der Waals surface area contributed by atoms with Crippen LogP contribution < -0.4 is 0 Å². The van der Waals surface area contributed by atoms with Gasteiger partial charge < -0.3 is 29.2 Å². The fourth-order valence-electron chi connectivity index (χ4n) is 3.26. The predicted molar refractivity (Wildman–Crippen MR) is 103 cm³/mol. The van der Waals surface area contributed by atoms with Gasteiger partial charge in [0.25, 0.3) is 0 Å². The summed E-state index contributed by atoms with van der Waals surface area (Å²) in [6.07, 6.45) is -3.63. The Balaban J connectivity index is 1.74. The van der Waals surface area contributed by atoms with Crippen molar-refractivity contribution in [3.63, 3.8) is 0 Å². The van der Waals surface area contributed by atoms with Gasteiger partial charge in [0.05, 0.1) is 19.8 Å². The zero-order valence-corrected chi connectivity index (χ0v) is 16.0. The highest BCUT2D eigenvalue weighted by molar-refractivity contribution is 5.14. The van der Waals surface area contributed by atoms with E-state index in [1.807, 2.05) is 67.6 Å². The molecule has 3 rings (SSSR count). The molecule has 6 nitrogen and oxygen atoms in total. The lowest BCUT2D eigenvalue weighted by atomic mass is 10.1. The van der Waals surface area contributed by atoms with Crippen molar-refractivity contribution in [1.29, 1.82) is 0 Å². The molecule has 2 aromatic rings. The molecule has 152 valence electrons. The van der Waals surface area contributed by atoms with Crippen molar-refractivity contribution in [3.8, 4) is 0 Å². The Hall–Kier alpha value is -1.80. The summed E-state index contributed by atoms with van der Waals surface area (Å²) in [4.78, 5) is 0. The fraction of sp³-hybridized carbons (Fsp3) is 0.455. The SMILES string of the molecule is CCO[C@@H]1O[C@@H]([C@@H](O)CO)[C@H](OCc2ccccc2)[C@H]1OCc1ccccc1. The molecule has 0 spiro atoms. The second kappa shape index (κ2) is 10.7. The molecule has 0 bridgehead atoms. The van der Waals surface area contributed by atoms with E-state index in [4.69, 9.17) is 18.9 Å². The van der Waals surface area contributed by atoms with Crippen molar-refractivity contribution in [2.24, 2.45) is 0 Å². The molecule has 2 aromatic carbocycles. The number of ether oxygens (including phenoxy) is 4. The van der Waals surface area contributed by atoms with E-state index in [-0.39, 0.29) is 0 Å². The van der Waals surface area contributed by atoms with Crippen LogP contribution in [0.2, 0.25) is 0 Å². The molecule has 6 heteroatoms. The summed E-state index contributed by atoms with van der Waals surface area (Å²) in [6, 6.07) is 19.6. The molecule has 0 saturated carbocycles. The van der Waals surface area contributed by atoms with Crippen LogP contribution in [0, 0.1) is 0 Å². The van der Waals surface area contributed by atoms with Gasteiger partial charge in [-0.2, -0.15) is 0 Å². The third kappa shape index (κ3) is 5.38. The molecule has 0 aromatic heterocycles. The van der Waals surface area contributed by atoms with E-state index in [1.54, 1.807) is 0 Å². The molecule has 2 N–H and O–H groups in total. The highest BCUT2D eigenvalue weighted by Gasteiger charge is 2.49. The lowest BCUT2D eigenvalue weighted by Crippen LogP contribution is -2.43. The van der Waals surface area contributed by atoms with Crippen molar-refractivity contribution in [2.75, 3.05) is 13.2 Å². The Bertz CT molecular complexity index is 680. The number of benzene rings is 2. The number of aliphatic hydroxyl groups excluding tert-OH is 2. The third-order valence-electron chi connectivity index (χ3n) is 4.67. The normalized spacial score (nSPS) is 25.7. The number of hydrogen-bond donors (Lipinski definition) is 2. The van der Waals surface area contributed by atoms with Crippen LogP contribution in [-0.2, 0) is 32.2 Å². The van der Waals surface area contributed by atoms with E-state index in [0.29, 0.717) is 19.8 Å². The highest BCUT2D eigenvalue weighted by Crippen LogP contribution is 2.31. The first-order valence-electron chi connectivity index (χ1n) is 9.60. The van der Waals surface area contributed by atoms with Crippen LogP contribution in [0.4, 0.5) is 0 Å². The van der Waals surface area contributed by atoms with E-state index in [0.717, 1.165) is 11.1 Å². The topological polar surface area (TPSA) is 77.4 Å². The van der Waals surface area contributed by atoms with Crippen LogP contribution in [0.1, 0.15) is 18.1 Å². The van der Waals surface area contributed by atoms with Gasteiger partial charge in [0.2, 0.25) is 0 Å². The van der Waals surface area contributed by atoms with Gasteiger partial charge in [0.15, 0.2) is 6.29 Å². The summed E-state index contributed by atoms with van der Waals surface area (Å²) in [7, 11) is 0. The Kier molecular flexibility index (Phi) is 7.97. The smallest absolute Gasteiger partial charge is 0.186 e. The Morgan fingerprint density at radius 1 is 0.857 bits per heavy atom. The van der Waals surface area contributed by atoms with Gasteiger partial charge in [-0.1, -0.05) is 60.7 Å². The summed E-state index contributed by atoms with van der Waals surface area (Å²) in [5.74, 6) is 0. The second-order valence-electron chi connectivity index (χ2n) is 6.70. The first kappa shape index (κ1) is 20.9. The Labute approximate surface area is 165 Å². The summed E-state index contributed by atoms with van der Waals surface area (Å²) >= 11 is 0.